The molecule has 0 N–H and O–H groups in total. The highest BCUT2D eigenvalue weighted by Crippen LogP contribution is 2.28. The van der Waals surface area contributed by atoms with Gasteiger partial charge in [-0.1, -0.05) is 37.2 Å². The molecule has 31 heavy (non-hydrogen) atoms. The Balaban J connectivity index is 1.79. The molecular formula is C22H26N4O3S2. The van der Waals surface area contributed by atoms with Gasteiger partial charge in [-0.2, -0.15) is 0 Å². The monoisotopic (exact) mass is 458 g/mol. The molecule has 0 saturated carbocycles. The number of hydrogen-bond acceptors (Lipinski definition) is 8. The van der Waals surface area contributed by atoms with Crippen molar-refractivity contribution in [2.24, 2.45) is 0 Å². The quantitative estimate of drug-likeness (QED) is 0.317. The van der Waals surface area contributed by atoms with Crippen LogP contribution in [0.1, 0.15) is 54.2 Å². The summed E-state index contributed by atoms with van der Waals surface area (Å²) in [6, 6.07) is 5.67. The van der Waals surface area contributed by atoms with E-state index in [4.69, 9.17) is 4.74 Å². The third-order valence-electron chi connectivity index (χ3n) is 4.53. The van der Waals surface area contributed by atoms with Crippen molar-refractivity contribution in [2.45, 2.75) is 46.5 Å². The zero-order valence-corrected chi connectivity index (χ0v) is 19.6. The number of nitrogens with zero attached hydrogens (tertiary/aromatic N) is 4. The Kier molecular flexibility index (Phi) is 8.25. The van der Waals surface area contributed by atoms with Crippen LogP contribution < -0.4 is 4.90 Å². The minimum atomic E-state index is -0.399. The molecule has 164 valence electrons. The summed E-state index contributed by atoms with van der Waals surface area (Å²) in [7, 11) is 0. The summed E-state index contributed by atoms with van der Waals surface area (Å²) in [4.78, 5) is 40.9. The van der Waals surface area contributed by atoms with Gasteiger partial charge in [-0.15, -0.1) is 11.3 Å². The Labute approximate surface area is 190 Å². The van der Waals surface area contributed by atoms with Crippen molar-refractivity contribution >= 4 is 39.7 Å². The molecule has 3 heterocycles. The van der Waals surface area contributed by atoms with Gasteiger partial charge in [-0.3, -0.25) is 14.7 Å². The summed E-state index contributed by atoms with van der Waals surface area (Å²) in [5.41, 5.74) is 2.08. The van der Waals surface area contributed by atoms with E-state index < -0.39 is 5.97 Å². The standard InChI is InChI=1S/C22H26N4O3S2/c1-4-6-9-12-26(22-24-15(3)19(31-22)21(28)29-5-2)18(27)13-16-14-30-20(25-16)17-10-7-8-11-23-17/h7-8,10-11,14H,4-6,9,12-13H2,1-3H3. The maximum Gasteiger partial charge on any atom is 0.350 e. The minimum Gasteiger partial charge on any atom is -0.462 e. The number of aromatic nitrogens is 3. The van der Waals surface area contributed by atoms with Crippen LogP contribution in [0.4, 0.5) is 5.13 Å². The zero-order valence-electron chi connectivity index (χ0n) is 18.0. The van der Waals surface area contributed by atoms with Gasteiger partial charge in [0, 0.05) is 18.1 Å². The van der Waals surface area contributed by atoms with Gasteiger partial charge in [0.15, 0.2) is 5.13 Å². The summed E-state index contributed by atoms with van der Waals surface area (Å²) in [5.74, 6) is -0.484. The fraction of sp³-hybridized carbons (Fsp3) is 0.409. The number of thiazole rings is 2. The van der Waals surface area contributed by atoms with Crippen molar-refractivity contribution in [1.29, 1.82) is 0 Å². The van der Waals surface area contributed by atoms with E-state index in [-0.39, 0.29) is 12.3 Å². The SMILES string of the molecule is CCCCCN(C(=O)Cc1csc(-c2ccccn2)n1)c1nc(C)c(C(=O)OCC)s1. The van der Waals surface area contributed by atoms with Gasteiger partial charge in [-0.05, 0) is 32.4 Å². The third-order valence-corrected chi connectivity index (χ3v) is 6.61. The van der Waals surface area contributed by atoms with Gasteiger partial charge in [0.2, 0.25) is 5.91 Å². The lowest BCUT2D eigenvalue weighted by molar-refractivity contribution is -0.118. The summed E-state index contributed by atoms with van der Waals surface area (Å²) >= 11 is 2.68. The first-order valence-electron chi connectivity index (χ1n) is 10.3. The number of pyridine rings is 1. The molecular weight excluding hydrogens is 432 g/mol. The lowest BCUT2D eigenvalue weighted by Crippen LogP contribution is -2.33. The summed E-state index contributed by atoms with van der Waals surface area (Å²) in [6.45, 7) is 6.50. The molecule has 1 amide bonds. The van der Waals surface area contributed by atoms with Gasteiger partial charge in [0.1, 0.15) is 9.88 Å². The first kappa shape index (κ1) is 23.0. The number of carbonyl (C=O) groups excluding carboxylic acids is 2. The molecule has 3 aromatic rings. The van der Waals surface area contributed by atoms with Crippen LogP contribution in [0.25, 0.3) is 10.7 Å². The van der Waals surface area contributed by atoms with Crippen molar-refractivity contribution in [1.82, 2.24) is 15.0 Å². The molecule has 9 heteroatoms. The fourth-order valence-corrected chi connectivity index (χ4v) is 4.78. The summed E-state index contributed by atoms with van der Waals surface area (Å²) in [6.07, 6.45) is 4.82. The lowest BCUT2D eigenvalue weighted by Gasteiger charge is -2.19. The molecule has 0 spiro atoms. The van der Waals surface area contributed by atoms with E-state index in [9.17, 15) is 9.59 Å². The number of aryl methyl sites for hydroxylation is 1. The second kappa shape index (κ2) is 11.1. The molecule has 0 radical (unpaired) electrons. The Morgan fingerprint density at radius 3 is 2.71 bits per heavy atom. The minimum absolute atomic E-state index is 0.0851. The first-order chi connectivity index (χ1) is 15.0. The Morgan fingerprint density at radius 1 is 1.16 bits per heavy atom. The van der Waals surface area contributed by atoms with Gasteiger partial charge >= 0.3 is 5.97 Å². The van der Waals surface area contributed by atoms with Crippen LogP contribution in [0.5, 0.6) is 0 Å². The first-order valence-corrected chi connectivity index (χ1v) is 12.0. The molecule has 0 fully saturated rings. The zero-order chi connectivity index (χ0) is 22.2. The van der Waals surface area contributed by atoms with Crippen molar-refractivity contribution in [3.63, 3.8) is 0 Å². The van der Waals surface area contributed by atoms with Crippen LogP contribution in [0.15, 0.2) is 29.8 Å². The normalized spacial score (nSPS) is 10.8. The topological polar surface area (TPSA) is 85.3 Å². The molecule has 0 saturated heterocycles. The average molecular weight is 459 g/mol. The number of ether oxygens (including phenoxy) is 1. The number of carbonyl (C=O) groups is 2. The molecule has 0 bridgehead atoms. The van der Waals surface area contributed by atoms with Gasteiger partial charge in [0.05, 0.1) is 30.1 Å². The number of amides is 1. The predicted molar refractivity (Wildman–Crippen MR) is 124 cm³/mol. The van der Waals surface area contributed by atoms with Crippen LogP contribution >= 0.6 is 22.7 Å². The van der Waals surface area contributed by atoms with E-state index in [1.54, 1.807) is 24.9 Å². The highest BCUT2D eigenvalue weighted by molar-refractivity contribution is 7.17. The number of anilines is 1. The van der Waals surface area contributed by atoms with Gasteiger partial charge < -0.3 is 4.74 Å². The van der Waals surface area contributed by atoms with Crippen LogP contribution in [-0.4, -0.2) is 40.0 Å². The lowest BCUT2D eigenvalue weighted by atomic mass is 10.2. The molecule has 0 unspecified atom stereocenters. The van der Waals surface area contributed by atoms with Crippen LogP contribution in [0, 0.1) is 6.92 Å². The Hall–Kier alpha value is -2.65. The van der Waals surface area contributed by atoms with Gasteiger partial charge in [0.25, 0.3) is 0 Å². The maximum atomic E-state index is 13.2. The molecule has 0 aliphatic rings. The highest BCUT2D eigenvalue weighted by Gasteiger charge is 2.24. The van der Waals surface area contributed by atoms with Crippen molar-refractivity contribution in [2.75, 3.05) is 18.1 Å². The van der Waals surface area contributed by atoms with E-state index >= 15 is 0 Å². The fourth-order valence-electron chi connectivity index (χ4n) is 2.98. The Bertz CT molecular complexity index is 1020. The third kappa shape index (κ3) is 5.95. The van der Waals surface area contributed by atoms with Crippen LogP contribution in [0.2, 0.25) is 0 Å². The summed E-state index contributed by atoms with van der Waals surface area (Å²) < 4.78 is 5.11. The largest absolute Gasteiger partial charge is 0.462 e. The molecule has 0 aromatic carbocycles. The number of rotatable bonds is 10. The van der Waals surface area contributed by atoms with E-state index in [2.05, 4.69) is 21.9 Å². The average Bonchev–Trinajstić information content (AvgIpc) is 3.38. The molecule has 7 nitrogen and oxygen atoms in total. The second-order valence-corrected chi connectivity index (χ2v) is 8.76. The van der Waals surface area contributed by atoms with E-state index in [0.29, 0.717) is 34.5 Å². The molecule has 0 aliphatic carbocycles. The smallest absolute Gasteiger partial charge is 0.350 e. The van der Waals surface area contributed by atoms with E-state index in [1.807, 2.05) is 23.6 Å². The Morgan fingerprint density at radius 2 is 2.00 bits per heavy atom. The van der Waals surface area contributed by atoms with Crippen molar-refractivity contribution < 1.29 is 14.3 Å². The number of unbranched alkanes of at least 4 members (excludes halogenated alkanes) is 2. The highest BCUT2D eigenvalue weighted by atomic mass is 32.1. The molecule has 3 aromatic heterocycles. The van der Waals surface area contributed by atoms with Crippen molar-refractivity contribution in [3.8, 4) is 10.7 Å². The van der Waals surface area contributed by atoms with Gasteiger partial charge in [-0.25, -0.2) is 14.8 Å². The predicted octanol–water partition coefficient (Wildman–Crippen LogP) is 4.91. The number of esters is 1. The molecule has 0 aliphatic heterocycles. The van der Waals surface area contributed by atoms with Crippen LogP contribution in [-0.2, 0) is 16.0 Å². The maximum absolute atomic E-state index is 13.2. The summed E-state index contributed by atoms with van der Waals surface area (Å²) in [5, 5.41) is 3.21. The molecule has 0 atom stereocenters. The van der Waals surface area contributed by atoms with Crippen molar-refractivity contribution in [3.05, 3.63) is 46.0 Å². The van der Waals surface area contributed by atoms with E-state index in [0.717, 1.165) is 30.0 Å². The number of hydrogen-bond donors (Lipinski definition) is 0. The van der Waals surface area contributed by atoms with Crippen LogP contribution in [0.3, 0.4) is 0 Å². The van der Waals surface area contributed by atoms with E-state index in [1.165, 1.54) is 22.7 Å². The second-order valence-electron chi connectivity index (χ2n) is 6.92. The molecule has 3 rings (SSSR count).